The number of aryl methyl sites for hydroxylation is 4. The van der Waals surface area contributed by atoms with Crippen LogP contribution in [0.15, 0.2) is 79.1 Å². The lowest BCUT2D eigenvalue weighted by atomic mass is 10.0. The van der Waals surface area contributed by atoms with Crippen molar-refractivity contribution >= 4 is 23.6 Å². The zero-order chi connectivity index (χ0) is 33.4. The molecule has 1 atom stereocenters. The molecule has 13 heteroatoms. The van der Waals surface area contributed by atoms with Crippen molar-refractivity contribution in [2.24, 2.45) is 5.73 Å². The van der Waals surface area contributed by atoms with Crippen LogP contribution in [-0.2, 0) is 20.7 Å². The zero-order valence-electron chi connectivity index (χ0n) is 26.1. The maximum atomic E-state index is 12.7. The molecule has 1 aromatic carbocycles. The van der Waals surface area contributed by atoms with Gasteiger partial charge in [0.05, 0.1) is 7.11 Å². The summed E-state index contributed by atoms with van der Waals surface area (Å²) < 4.78 is 7.84. The standard InChI is InChI=1S/C21H21N5O3.C12H13N3O2/c1-13-7-6-10-23-20(13)26-14(2)11-17(25-26)21(29)24-16(18(27)19(22)28)12-15-8-4-3-5-9-15;1-8-5-4-6-13-11(8)15-9(2)7-10(14-15)12(16)17-3/h3-11,16H,12H2,1-2H3,(H2,22,28)(H,24,29);4-7H,1-3H3. The lowest BCUT2D eigenvalue weighted by Gasteiger charge is -2.15. The summed E-state index contributed by atoms with van der Waals surface area (Å²) in [7, 11) is 1.34. The molecule has 3 N–H and O–H groups in total. The molecule has 0 spiro atoms. The van der Waals surface area contributed by atoms with Crippen LogP contribution in [0.1, 0.15) is 49.1 Å². The molecule has 0 radical (unpaired) electrons. The van der Waals surface area contributed by atoms with Crippen molar-refractivity contribution < 1.29 is 23.9 Å². The first-order chi connectivity index (χ1) is 22.0. The second kappa shape index (κ2) is 14.7. The Morgan fingerprint density at radius 2 is 1.30 bits per heavy atom. The fourth-order valence-corrected chi connectivity index (χ4v) is 4.55. The van der Waals surface area contributed by atoms with E-state index in [-0.39, 0.29) is 17.8 Å². The predicted molar refractivity (Wildman–Crippen MR) is 169 cm³/mol. The molecule has 46 heavy (non-hydrogen) atoms. The number of carbonyl (C=O) groups is 4. The van der Waals surface area contributed by atoms with Crippen LogP contribution in [-0.4, -0.2) is 66.2 Å². The Hall–Kier alpha value is -5.98. The normalized spacial score (nSPS) is 11.2. The van der Waals surface area contributed by atoms with E-state index in [9.17, 15) is 19.2 Å². The largest absolute Gasteiger partial charge is 0.464 e. The van der Waals surface area contributed by atoms with Gasteiger partial charge in [-0.1, -0.05) is 42.5 Å². The van der Waals surface area contributed by atoms with E-state index in [0.29, 0.717) is 11.5 Å². The lowest BCUT2D eigenvalue weighted by molar-refractivity contribution is -0.137. The molecular weight excluding hydrogens is 588 g/mol. The number of Topliss-reactive ketones (excluding diaryl/α,β-unsaturated/α-hetero) is 1. The number of rotatable bonds is 9. The van der Waals surface area contributed by atoms with Crippen molar-refractivity contribution in [2.45, 2.75) is 40.2 Å². The molecule has 0 aliphatic heterocycles. The quantitative estimate of drug-likeness (QED) is 0.185. The Labute approximate surface area is 265 Å². The van der Waals surface area contributed by atoms with Crippen LogP contribution >= 0.6 is 0 Å². The molecule has 0 bridgehead atoms. The summed E-state index contributed by atoms with van der Waals surface area (Å²) in [6.07, 6.45) is 3.49. The highest BCUT2D eigenvalue weighted by Crippen LogP contribution is 2.15. The predicted octanol–water partition coefficient (Wildman–Crippen LogP) is 2.95. The number of ketones is 1. The van der Waals surface area contributed by atoms with E-state index in [2.05, 4.69) is 30.2 Å². The van der Waals surface area contributed by atoms with Crippen LogP contribution in [0.4, 0.5) is 0 Å². The maximum absolute atomic E-state index is 12.7. The summed E-state index contributed by atoms with van der Waals surface area (Å²) in [6.45, 7) is 7.51. The molecule has 0 saturated heterocycles. The van der Waals surface area contributed by atoms with Gasteiger partial charge in [-0.3, -0.25) is 14.4 Å². The molecule has 13 nitrogen and oxygen atoms in total. The summed E-state index contributed by atoms with van der Waals surface area (Å²) in [6, 6.07) is 18.8. The molecule has 4 heterocycles. The van der Waals surface area contributed by atoms with Crippen molar-refractivity contribution in [1.29, 1.82) is 0 Å². The number of pyridine rings is 2. The fourth-order valence-electron chi connectivity index (χ4n) is 4.55. The number of amides is 2. The first kappa shape index (κ1) is 32.9. The third kappa shape index (κ3) is 7.75. The molecule has 5 rings (SSSR count). The monoisotopic (exact) mass is 622 g/mol. The first-order valence-electron chi connectivity index (χ1n) is 14.2. The highest BCUT2D eigenvalue weighted by molar-refractivity contribution is 6.38. The summed E-state index contributed by atoms with van der Waals surface area (Å²) >= 11 is 0. The summed E-state index contributed by atoms with van der Waals surface area (Å²) in [5.74, 6) is -1.65. The fraction of sp³-hybridized carbons (Fsp3) is 0.212. The zero-order valence-corrected chi connectivity index (χ0v) is 26.1. The molecule has 5 aromatic rings. The van der Waals surface area contributed by atoms with Gasteiger partial charge in [0, 0.05) is 30.2 Å². The topological polar surface area (TPSA) is 177 Å². The molecule has 4 aromatic heterocycles. The Morgan fingerprint density at radius 3 is 1.80 bits per heavy atom. The van der Waals surface area contributed by atoms with Gasteiger partial charge in [0.1, 0.15) is 6.04 Å². The highest BCUT2D eigenvalue weighted by Gasteiger charge is 2.27. The molecule has 1 unspecified atom stereocenters. The van der Waals surface area contributed by atoms with Gasteiger partial charge in [-0.25, -0.2) is 24.1 Å². The van der Waals surface area contributed by atoms with Crippen molar-refractivity contribution in [1.82, 2.24) is 34.8 Å². The summed E-state index contributed by atoms with van der Waals surface area (Å²) in [4.78, 5) is 56.3. The summed E-state index contributed by atoms with van der Waals surface area (Å²) in [5.41, 5.74) is 9.79. The van der Waals surface area contributed by atoms with Gasteiger partial charge in [-0.2, -0.15) is 10.2 Å². The number of methoxy groups -OCH3 is 1. The van der Waals surface area contributed by atoms with Gasteiger partial charge in [0.15, 0.2) is 23.0 Å². The van der Waals surface area contributed by atoms with Gasteiger partial charge in [-0.05, 0) is 68.7 Å². The van der Waals surface area contributed by atoms with Crippen LogP contribution in [0.25, 0.3) is 11.6 Å². The number of nitrogens with two attached hydrogens (primary N) is 1. The number of nitrogens with zero attached hydrogens (tertiary/aromatic N) is 6. The second-order valence-electron chi connectivity index (χ2n) is 10.4. The van der Waals surface area contributed by atoms with E-state index in [1.165, 1.54) is 7.11 Å². The van der Waals surface area contributed by atoms with Gasteiger partial charge >= 0.3 is 5.97 Å². The van der Waals surface area contributed by atoms with Gasteiger partial charge in [0.25, 0.3) is 11.8 Å². The molecule has 2 amide bonds. The number of esters is 1. The van der Waals surface area contributed by atoms with E-state index >= 15 is 0 Å². The number of aromatic nitrogens is 6. The number of benzene rings is 1. The Balaban J connectivity index is 0.000000240. The second-order valence-corrected chi connectivity index (χ2v) is 10.4. The molecule has 0 saturated carbocycles. The molecular formula is C33H34N8O5. The molecule has 236 valence electrons. The van der Waals surface area contributed by atoms with Crippen molar-refractivity contribution in [3.05, 3.63) is 119 Å². The van der Waals surface area contributed by atoms with Crippen molar-refractivity contribution in [3.8, 4) is 11.6 Å². The first-order valence-corrected chi connectivity index (χ1v) is 14.2. The molecule has 0 aliphatic rings. The van der Waals surface area contributed by atoms with Crippen LogP contribution in [0.5, 0.6) is 0 Å². The van der Waals surface area contributed by atoms with Crippen molar-refractivity contribution in [3.63, 3.8) is 0 Å². The number of hydrogen-bond donors (Lipinski definition) is 2. The van der Waals surface area contributed by atoms with E-state index in [0.717, 1.165) is 28.2 Å². The number of primary amides is 1. The van der Waals surface area contributed by atoms with E-state index in [1.54, 1.807) is 52.9 Å². The minimum Gasteiger partial charge on any atom is -0.464 e. The average molecular weight is 623 g/mol. The maximum Gasteiger partial charge on any atom is 0.358 e. The van der Waals surface area contributed by atoms with E-state index in [4.69, 9.17) is 5.73 Å². The van der Waals surface area contributed by atoms with Crippen LogP contribution < -0.4 is 11.1 Å². The molecule has 0 aliphatic carbocycles. The number of hydrogen-bond acceptors (Lipinski definition) is 9. The molecule has 0 fully saturated rings. The third-order valence-corrected chi connectivity index (χ3v) is 6.91. The number of carbonyl (C=O) groups excluding carboxylic acids is 4. The smallest absolute Gasteiger partial charge is 0.358 e. The minimum atomic E-state index is -1.10. The van der Waals surface area contributed by atoms with Crippen molar-refractivity contribution in [2.75, 3.05) is 7.11 Å². The Kier molecular flexibility index (Phi) is 10.5. The highest BCUT2D eigenvalue weighted by atomic mass is 16.5. The van der Waals surface area contributed by atoms with Gasteiger partial charge in [-0.15, -0.1) is 0 Å². The van der Waals surface area contributed by atoms with Crippen LogP contribution in [0.3, 0.4) is 0 Å². The summed E-state index contributed by atoms with van der Waals surface area (Å²) in [5, 5.41) is 11.1. The van der Waals surface area contributed by atoms with Gasteiger partial charge < -0.3 is 15.8 Å². The minimum absolute atomic E-state index is 0.114. The third-order valence-electron chi connectivity index (χ3n) is 6.91. The van der Waals surface area contributed by atoms with E-state index < -0.39 is 29.6 Å². The van der Waals surface area contributed by atoms with E-state index in [1.807, 2.05) is 63.2 Å². The number of ether oxygens (including phenoxy) is 1. The van der Waals surface area contributed by atoms with Gasteiger partial charge in [0.2, 0.25) is 5.78 Å². The van der Waals surface area contributed by atoms with Crippen LogP contribution in [0, 0.1) is 27.7 Å². The number of nitrogens with one attached hydrogen (secondary N) is 1. The van der Waals surface area contributed by atoms with Crippen LogP contribution in [0.2, 0.25) is 0 Å². The Morgan fingerprint density at radius 1 is 0.783 bits per heavy atom. The SMILES string of the molecule is COC(=O)c1cc(C)n(-c2ncccc2C)n1.Cc1cccnc1-n1nc(C(=O)NC(Cc2ccccc2)C(=O)C(N)=O)cc1C. The average Bonchev–Trinajstić information content (AvgIpc) is 3.63. The Bertz CT molecular complexity index is 1880. The lowest BCUT2D eigenvalue weighted by Crippen LogP contribution is -2.47.